The molecule has 0 fully saturated rings. The van der Waals surface area contributed by atoms with Crippen LogP contribution in [-0.4, -0.2) is 12.3 Å². The van der Waals surface area contributed by atoms with E-state index in [9.17, 15) is 8.78 Å². The molecule has 1 atom stereocenters. The van der Waals surface area contributed by atoms with Gasteiger partial charge in [0, 0.05) is 10.9 Å². The Morgan fingerprint density at radius 3 is 2.33 bits per heavy atom. The van der Waals surface area contributed by atoms with Crippen molar-refractivity contribution < 1.29 is 8.78 Å². The van der Waals surface area contributed by atoms with Gasteiger partial charge in [0.1, 0.15) is 0 Å². The molecule has 0 spiro atoms. The second-order valence-corrected chi connectivity index (χ2v) is 5.83. The van der Waals surface area contributed by atoms with Crippen LogP contribution < -0.4 is 5.32 Å². The van der Waals surface area contributed by atoms with Gasteiger partial charge < -0.3 is 5.32 Å². The number of alkyl halides is 2. The zero-order valence-electron chi connectivity index (χ0n) is 12.1. The van der Waals surface area contributed by atoms with E-state index in [1.54, 1.807) is 12.1 Å². The third-order valence-electron chi connectivity index (χ3n) is 3.33. The Hall–Kier alpha value is -1.39. The fourth-order valence-corrected chi connectivity index (χ4v) is 2.87. The summed E-state index contributed by atoms with van der Waals surface area (Å²) in [6.07, 6.45) is 0. The summed E-state index contributed by atoms with van der Waals surface area (Å²) in [5, 5.41) is 3.41. The molecule has 2 rings (SSSR count). The average molecular weight is 307 g/mol. The molecular weight excluding hydrogens is 288 g/mol. The van der Waals surface area contributed by atoms with Crippen molar-refractivity contribution in [3.8, 4) is 11.1 Å². The van der Waals surface area contributed by atoms with Crippen LogP contribution in [0.5, 0.6) is 0 Å². The van der Waals surface area contributed by atoms with Gasteiger partial charge in [0.15, 0.2) is 0 Å². The Morgan fingerprint density at radius 2 is 1.71 bits per heavy atom. The number of hydrogen-bond acceptors (Lipinski definition) is 2. The lowest BCUT2D eigenvalue weighted by atomic mass is 9.95. The number of rotatable bonds is 6. The van der Waals surface area contributed by atoms with E-state index in [1.807, 2.05) is 24.3 Å². The lowest BCUT2D eigenvalue weighted by molar-refractivity contribution is 0.252. The first-order valence-electron chi connectivity index (χ1n) is 6.99. The molecule has 112 valence electrons. The lowest BCUT2D eigenvalue weighted by Gasteiger charge is -2.17. The SMILES string of the molecule is CCNC(C)c1ccccc1-c1ccc(SC(F)F)cc1. The number of hydrogen-bond donors (Lipinski definition) is 1. The smallest absolute Gasteiger partial charge is 0.288 e. The first-order chi connectivity index (χ1) is 10.1. The molecule has 0 amide bonds. The molecule has 0 aliphatic carbocycles. The van der Waals surface area contributed by atoms with Gasteiger partial charge in [-0.2, -0.15) is 8.78 Å². The summed E-state index contributed by atoms with van der Waals surface area (Å²) >= 11 is 0.575. The highest BCUT2D eigenvalue weighted by molar-refractivity contribution is 7.99. The fourth-order valence-electron chi connectivity index (χ4n) is 2.37. The van der Waals surface area contributed by atoms with Gasteiger partial charge >= 0.3 is 0 Å². The van der Waals surface area contributed by atoms with E-state index in [0.717, 1.165) is 17.7 Å². The summed E-state index contributed by atoms with van der Waals surface area (Å²) in [6.45, 7) is 5.11. The van der Waals surface area contributed by atoms with E-state index >= 15 is 0 Å². The Labute approximate surface area is 128 Å². The van der Waals surface area contributed by atoms with Crippen LogP contribution in [-0.2, 0) is 0 Å². The van der Waals surface area contributed by atoms with E-state index in [2.05, 4.69) is 31.3 Å². The summed E-state index contributed by atoms with van der Waals surface area (Å²) in [6, 6.07) is 15.8. The van der Waals surface area contributed by atoms with E-state index in [4.69, 9.17) is 0 Å². The van der Waals surface area contributed by atoms with Crippen molar-refractivity contribution in [2.24, 2.45) is 0 Å². The largest absolute Gasteiger partial charge is 0.310 e. The predicted octanol–water partition coefficient (Wildman–Crippen LogP) is 5.34. The van der Waals surface area contributed by atoms with Gasteiger partial charge in [0.25, 0.3) is 5.76 Å². The molecule has 1 nitrogen and oxygen atoms in total. The highest BCUT2D eigenvalue weighted by Gasteiger charge is 2.11. The minimum atomic E-state index is -2.38. The van der Waals surface area contributed by atoms with Crippen LogP contribution in [0.25, 0.3) is 11.1 Å². The topological polar surface area (TPSA) is 12.0 Å². The van der Waals surface area contributed by atoms with Crippen molar-refractivity contribution in [2.75, 3.05) is 6.54 Å². The number of thioether (sulfide) groups is 1. The molecule has 0 aliphatic rings. The van der Waals surface area contributed by atoms with E-state index in [-0.39, 0.29) is 6.04 Å². The minimum Gasteiger partial charge on any atom is -0.310 e. The third-order valence-corrected chi connectivity index (χ3v) is 4.05. The molecule has 0 aromatic heterocycles. The normalized spacial score (nSPS) is 12.6. The monoisotopic (exact) mass is 307 g/mol. The third kappa shape index (κ3) is 4.29. The predicted molar refractivity (Wildman–Crippen MR) is 85.8 cm³/mol. The van der Waals surface area contributed by atoms with Gasteiger partial charge in [-0.3, -0.25) is 0 Å². The molecule has 1 unspecified atom stereocenters. The van der Waals surface area contributed by atoms with Gasteiger partial charge in [-0.25, -0.2) is 0 Å². The molecular formula is C17H19F2NS. The van der Waals surface area contributed by atoms with Crippen LogP contribution in [0.4, 0.5) is 8.78 Å². The summed E-state index contributed by atoms with van der Waals surface area (Å²) in [5.74, 6) is -2.38. The second-order valence-electron chi connectivity index (χ2n) is 4.77. The van der Waals surface area contributed by atoms with Crippen LogP contribution in [0.1, 0.15) is 25.5 Å². The Kier molecular flexibility index (Phi) is 5.76. The zero-order valence-corrected chi connectivity index (χ0v) is 13.0. The second kappa shape index (κ2) is 7.57. The van der Waals surface area contributed by atoms with Crippen molar-refractivity contribution in [3.63, 3.8) is 0 Å². The first kappa shape index (κ1) is 16.0. The summed E-state index contributed by atoms with van der Waals surface area (Å²) in [4.78, 5) is 0.589. The average Bonchev–Trinajstić information content (AvgIpc) is 2.48. The van der Waals surface area contributed by atoms with Gasteiger partial charge in [0.2, 0.25) is 0 Å². The van der Waals surface area contributed by atoms with E-state index in [1.165, 1.54) is 5.56 Å². The Morgan fingerprint density at radius 1 is 1.05 bits per heavy atom. The highest BCUT2D eigenvalue weighted by atomic mass is 32.2. The van der Waals surface area contributed by atoms with Gasteiger partial charge in [-0.15, -0.1) is 0 Å². The lowest BCUT2D eigenvalue weighted by Crippen LogP contribution is -2.18. The van der Waals surface area contributed by atoms with E-state index < -0.39 is 5.76 Å². The van der Waals surface area contributed by atoms with Gasteiger partial charge in [0.05, 0.1) is 0 Å². The first-order valence-corrected chi connectivity index (χ1v) is 7.87. The van der Waals surface area contributed by atoms with E-state index in [0.29, 0.717) is 16.7 Å². The standard InChI is InChI=1S/C17H19F2NS/c1-3-20-12(2)15-6-4-5-7-16(15)13-8-10-14(11-9-13)21-17(18)19/h4-12,17,20H,3H2,1-2H3. The quantitative estimate of drug-likeness (QED) is 0.723. The van der Waals surface area contributed by atoms with Crippen LogP contribution in [0.3, 0.4) is 0 Å². The number of halogens is 2. The van der Waals surface area contributed by atoms with Crippen molar-refractivity contribution >= 4 is 11.8 Å². The highest BCUT2D eigenvalue weighted by Crippen LogP contribution is 2.31. The maximum atomic E-state index is 12.4. The van der Waals surface area contributed by atoms with Crippen LogP contribution in [0.15, 0.2) is 53.4 Å². The number of nitrogens with one attached hydrogen (secondary N) is 1. The molecule has 1 N–H and O–H groups in total. The Bertz CT molecular complexity index is 569. The van der Waals surface area contributed by atoms with Crippen molar-refractivity contribution in [3.05, 3.63) is 54.1 Å². The van der Waals surface area contributed by atoms with Gasteiger partial charge in [-0.05, 0) is 42.3 Å². The molecule has 0 radical (unpaired) electrons. The molecule has 0 saturated carbocycles. The molecule has 0 saturated heterocycles. The molecule has 0 heterocycles. The van der Waals surface area contributed by atoms with Crippen LogP contribution >= 0.6 is 11.8 Å². The molecule has 0 bridgehead atoms. The summed E-state index contributed by atoms with van der Waals surface area (Å²) in [7, 11) is 0. The summed E-state index contributed by atoms with van der Waals surface area (Å²) in [5.41, 5.74) is 3.40. The zero-order chi connectivity index (χ0) is 15.2. The fraction of sp³-hybridized carbons (Fsp3) is 0.294. The van der Waals surface area contributed by atoms with Crippen molar-refractivity contribution in [1.82, 2.24) is 5.32 Å². The molecule has 0 aliphatic heterocycles. The van der Waals surface area contributed by atoms with Crippen molar-refractivity contribution in [2.45, 2.75) is 30.5 Å². The molecule has 4 heteroatoms. The summed E-state index contributed by atoms with van der Waals surface area (Å²) < 4.78 is 24.7. The minimum absolute atomic E-state index is 0.251. The van der Waals surface area contributed by atoms with Gasteiger partial charge in [-0.1, -0.05) is 55.1 Å². The van der Waals surface area contributed by atoms with Crippen LogP contribution in [0.2, 0.25) is 0 Å². The molecule has 2 aromatic carbocycles. The number of benzene rings is 2. The Balaban J connectivity index is 2.29. The van der Waals surface area contributed by atoms with Crippen LogP contribution in [0, 0.1) is 0 Å². The maximum absolute atomic E-state index is 12.4. The van der Waals surface area contributed by atoms with Crippen molar-refractivity contribution in [1.29, 1.82) is 0 Å². The molecule has 21 heavy (non-hydrogen) atoms. The maximum Gasteiger partial charge on any atom is 0.288 e. The molecule has 2 aromatic rings.